The summed E-state index contributed by atoms with van der Waals surface area (Å²) >= 11 is 0. The van der Waals surface area contributed by atoms with Crippen LogP contribution in [0.25, 0.3) is 0 Å². The number of carbonyl (C=O) groups excluding carboxylic acids is 1. The van der Waals surface area contributed by atoms with Gasteiger partial charge in [-0.05, 0) is 37.1 Å². The molecule has 1 aromatic rings. The van der Waals surface area contributed by atoms with Gasteiger partial charge in [0.2, 0.25) is 0 Å². The van der Waals surface area contributed by atoms with Gasteiger partial charge in [-0.3, -0.25) is 9.59 Å². The van der Waals surface area contributed by atoms with Gasteiger partial charge in [0.05, 0.1) is 19.1 Å². The number of rotatable bonds is 7. The fourth-order valence-corrected chi connectivity index (χ4v) is 2.99. The molecular weight excluding hydrogens is 322 g/mol. The van der Waals surface area contributed by atoms with Crippen molar-refractivity contribution in [3.63, 3.8) is 0 Å². The Morgan fingerprint density at radius 2 is 1.84 bits per heavy atom. The average Bonchev–Trinajstić information content (AvgIpc) is 3.45. The van der Waals surface area contributed by atoms with Crippen LogP contribution in [0.5, 0.6) is 5.75 Å². The van der Waals surface area contributed by atoms with E-state index >= 15 is 0 Å². The summed E-state index contributed by atoms with van der Waals surface area (Å²) in [6.07, 6.45) is 3.81. The Labute approximate surface area is 147 Å². The second kappa shape index (κ2) is 7.87. The molecule has 1 unspecified atom stereocenters. The summed E-state index contributed by atoms with van der Waals surface area (Å²) in [5, 5.41) is 9.11. The van der Waals surface area contributed by atoms with Crippen LogP contribution >= 0.6 is 0 Å². The zero-order valence-corrected chi connectivity index (χ0v) is 14.5. The first-order chi connectivity index (χ1) is 12.0. The maximum atomic E-state index is 12.8. The van der Waals surface area contributed by atoms with Gasteiger partial charge in [0.1, 0.15) is 11.9 Å². The average molecular weight is 347 g/mol. The molecule has 1 saturated heterocycles. The molecule has 3 rings (SSSR count). The number of ether oxygens (including phenoxy) is 2. The highest BCUT2D eigenvalue weighted by molar-refractivity contribution is 5.95. The van der Waals surface area contributed by atoms with Gasteiger partial charge in [-0.1, -0.05) is 6.92 Å². The van der Waals surface area contributed by atoms with Crippen LogP contribution in [-0.2, 0) is 9.53 Å². The van der Waals surface area contributed by atoms with Gasteiger partial charge in [0.15, 0.2) is 0 Å². The number of carbonyl (C=O) groups is 2. The van der Waals surface area contributed by atoms with Crippen LogP contribution in [0, 0.1) is 5.92 Å². The zero-order chi connectivity index (χ0) is 17.8. The molecule has 0 bridgehead atoms. The Kier molecular flexibility index (Phi) is 5.58. The molecule has 1 amide bonds. The van der Waals surface area contributed by atoms with E-state index in [0.29, 0.717) is 5.56 Å². The molecule has 2 fully saturated rings. The molecule has 1 saturated carbocycles. The van der Waals surface area contributed by atoms with Crippen molar-refractivity contribution < 1.29 is 24.2 Å². The first kappa shape index (κ1) is 17.7. The monoisotopic (exact) mass is 347 g/mol. The summed E-state index contributed by atoms with van der Waals surface area (Å²) in [5.41, 5.74) is 0.573. The molecule has 1 heterocycles. The third kappa shape index (κ3) is 4.72. The Bertz CT molecular complexity index is 605. The van der Waals surface area contributed by atoms with Gasteiger partial charge >= 0.3 is 5.97 Å². The van der Waals surface area contributed by atoms with Crippen molar-refractivity contribution in [1.82, 2.24) is 4.90 Å². The van der Waals surface area contributed by atoms with E-state index in [-0.39, 0.29) is 24.6 Å². The van der Waals surface area contributed by atoms with Crippen molar-refractivity contribution in [3.8, 4) is 5.75 Å². The predicted octanol–water partition coefficient (Wildman–Crippen LogP) is 2.57. The molecule has 1 aromatic carbocycles. The molecule has 6 heteroatoms. The number of carboxylic acid groups (broad SMARTS) is 1. The van der Waals surface area contributed by atoms with Gasteiger partial charge in [0.25, 0.3) is 5.91 Å². The van der Waals surface area contributed by atoms with E-state index in [0.717, 1.165) is 44.6 Å². The Hall–Kier alpha value is -2.08. The SMILES string of the molecule is CC(CN(C(=O)c1ccc(OC2CCOCC2)cc1)C1CC1)C(=O)O. The number of nitrogens with zero attached hydrogens (tertiary/aromatic N) is 1. The second-order valence-electron chi connectivity index (χ2n) is 6.88. The quantitative estimate of drug-likeness (QED) is 0.820. The molecule has 1 N–H and O–H groups in total. The molecule has 1 aliphatic heterocycles. The largest absolute Gasteiger partial charge is 0.490 e. The van der Waals surface area contributed by atoms with Crippen LogP contribution in [0.1, 0.15) is 43.0 Å². The molecule has 0 aromatic heterocycles. The summed E-state index contributed by atoms with van der Waals surface area (Å²) in [7, 11) is 0. The van der Waals surface area contributed by atoms with Crippen molar-refractivity contribution in [2.75, 3.05) is 19.8 Å². The van der Waals surface area contributed by atoms with Crippen molar-refractivity contribution >= 4 is 11.9 Å². The number of carboxylic acids is 1. The highest BCUT2D eigenvalue weighted by Gasteiger charge is 2.34. The Balaban J connectivity index is 1.63. The lowest BCUT2D eigenvalue weighted by Gasteiger charge is -2.25. The number of aliphatic carboxylic acids is 1. The Morgan fingerprint density at radius 1 is 1.20 bits per heavy atom. The van der Waals surface area contributed by atoms with E-state index in [1.54, 1.807) is 24.0 Å². The van der Waals surface area contributed by atoms with Crippen molar-refractivity contribution in [1.29, 1.82) is 0 Å². The second-order valence-corrected chi connectivity index (χ2v) is 6.88. The molecule has 1 atom stereocenters. The lowest BCUT2D eigenvalue weighted by molar-refractivity contribution is -0.141. The standard InChI is InChI=1S/C19H25NO5/c1-13(19(22)23)12-20(15-4-5-15)18(21)14-2-6-16(7-3-14)25-17-8-10-24-11-9-17/h2-3,6-7,13,15,17H,4-5,8-12H2,1H3,(H,22,23). The fraction of sp³-hybridized carbons (Fsp3) is 0.579. The molecule has 25 heavy (non-hydrogen) atoms. The van der Waals surface area contributed by atoms with Gasteiger partial charge in [-0.25, -0.2) is 0 Å². The summed E-state index contributed by atoms with van der Waals surface area (Å²) in [6.45, 7) is 3.33. The number of benzene rings is 1. The number of amides is 1. The van der Waals surface area contributed by atoms with Crippen LogP contribution in [0.2, 0.25) is 0 Å². The van der Waals surface area contributed by atoms with E-state index in [4.69, 9.17) is 14.6 Å². The van der Waals surface area contributed by atoms with Crippen molar-refractivity contribution in [2.24, 2.45) is 5.92 Å². The van der Waals surface area contributed by atoms with Crippen molar-refractivity contribution in [3.05, 3.63) is 29.8 Å². The van der Waals surface area contributed by atoms with Crippen LogP contribution in [-0.4, -0.2) is 53.8 Å². The third-order valence-corrected chi connectivity index (χ3v) is 4.71. The molecule has 6 nitrogen and oxygen atoms in total. The van der Waals surface area contributed by atoms with Crippen LogP contribution in [0.3, 0.4) is 0 Å². The van der Waals surface area contributed by atoms with Gasteiger partial charge in [-0.15, -0.1) is 0 Å². The highest BCUT2D eigenvalue weighted by atomic mass is 16.5. The number of hydrogen-bond donors (Lipinski definition) is 1. The van der Waals surface area contributed by atoms with E-state index in [1.165, 1.54) is 0 Å². The van der Waals surface area contributed by atoms with Gasteiger partial charge in [-0.2, -0.15) is 0 Å². The minimum absolute atomic E-state index is 0.104. The molecular formula is C19H25NO5. The predicted molar refractivity (Wildman–Crippen MR) is 91.8 cm³/mol. The normalized spacial score (nSPS) is 19.2. The summed E-state index contributed by atoms with van der Waals surface area (Å²) < 4.78 is 11.2. The summed E-state index contributed by atoms with van der Waals surface area (Å²) in [4.78, 5) is 25.6. The third-order valence-electron chi connectivity index (χ3n) is 4.71. The van der Waals surface area contributed by atoms with E-state index < -0.39 is 11.9 Å². The fourth-order valence-electron chi connectivity index (χ4n) is 2.99. The first-order valence-electron chi connectivity index (χ1n) is 8.93. The first-order valence-corrected chi connectivity index (χ1v) is 8.93. The maximum Gasteiger partial charge on any atom is 0.308 e. The topological polar surface area (TPSA) is 76.1 Å². The molecule has 1 aliphatic carbocycles. The van der Waals surface area contributed by atoms with Crippen molar-refractivity contribution in [2.45, 2.75) is 44.8 Å². The van der Waals surface area contributed by atoms with E-state index in [1.807, 2.05) is 12.1 Å². The lowest BCUT2D eigenvalue weighted by atomic mass is 10.1. The van der Waals surface area contributed by atoms with Gasteiger partial charge < -0.3 is 19.5 Å². The van der Waals surface area contributed by atoms with E-state index in [9.17, 15) is 9.59 Å². The molecule has 0 radical (unpaired) electrons. The van der Waals surface area contributed by atoms with E-state index in [2.05, 4.69) is 0 Å². The lowest BCUT2D eigenvalue weighted by Crippen LogP contribution is -2.38. The van der Waals surface area contributed by atoms with Crippen LogP contribution in [0.4, 0.5) is 0 Å². The van der Waals surface area contributed by atoms with Gasteiger partial charge in [0, 0.05) is 31.0 Å². The Morgan fingerprint density at radius 3 is 2.40 bits per heavy atom. The maximum absolute atomic E-state index is 12.8. The number of hydrogen-bond acceptors (Lipinski definition) is 4. The molecule has 0 spiro atoms. The zero-order valence-electron chi connectivity index (χ0n) is 14.5. The highest BCUT2D eigenvalue weighted by Crippen LogP contribution is 2.29. The minimum Gasteiger partial charge on any atom is -0.490 e. The van der Waals surface area contributed by atoms with Crippen LogP contribution in [0.15, 0.2) is 24.3 Å². The van der Waals surface area contributed by atoms with Crippen LogP contribution < -0.4 is 4.74 Å². The smallest absolute Gasteiger partial charge is 0.308 e. The summed E-state index contributed by atoms with van der Waals surface area (Å²) in [5.74, 6) is -0.798. The summed E-state index contributed by atoms with van der Waals surface area (Å²) in [6, 6.07) is 7.32. The molecule has 2 aliphatic rings. The molecule has 136 valence electrons. The minimum atomic E-state index is -0.876.